The number of amides is 1. The van der Waals surface area contributed by atoms with E-state index < -0.39 is 11.9 Å². The number of carboxylic acids is 1. The molecule has 1 heterocycles. The van der Waals surface area contributed by atoms with Gasteiger partial charge < -0.3 is 15.2 Å². The Bertz CT molecular complexity index is 454. The molecule has 5 heteroatoms. The summed E-state index contributed by atoms with van der Waals surface area (Å²) >= 11 is 0. The van der Waals surface area contributed by atoms with E-state index in [0.29, 0.717) is 13.2 Å². The molecule has 1 aromatic carbocycles. The van der Waals surface area contributed by atoms with Crippen molar-refractivity contribution < 1.29 is 19.4 Å². The lowest BCUT2D eigenvalue weighted by Gasteiger charge is -2.20. The Balaban J connectivity index is 1.93. The van der Waals surface area contributed by atoms with Gasteiger partial charge in [0.25, 0.3) is 0 Å². The molecule has 20 heavy (non-hydrogen) atoms. The molecule has 2 rings (SSSR count). The number of benzene rings is 1. The molecule has 0 spiro atoms. The molecule has 0 aliphatic carbocycles. The summed E-state index contributed by atoms with van der Waals surface area (Å²) in [4.78, 5) is 23.1. The summed E-state index contributed by atoms with van der Waals surface area (Å²) in [6.45, 7) is 1.01. The van der Waals surface area contributed by atoms with Crippen LogP contribution in [0.25, 0.3) is 0 Å². The van der Waals surface area contributed by atoms with Crippen LogP contribution in [0.4, 0.5) is 0 Å². The van der Waals surface area contributed by atoms with E-state index in [1.807, 2.05) is 30.3 Å². The lowest BCUT2D eigenvalue weighted by atomic mass is 9.95. The van der Waals surface area contributed by atoms with Crippen LogP contribution in [0.1, 0.15) is 24.8 Å². The number of ether oxygens (including phenoxy) is 1. The summed E-state index contributed by atoms with van der Waals surface area (Å²) in [5.74, 6) is -1.83. The van der Waals surface area contributed by atoms with E-state index in [1.54, 1.807) is 0 Å². The van der Waals surface area contributed by atoms with Gasteiger partial charge in [0.05, 0.1) is 18.4 Å². The number of rotatable bonds is 6. The molecule has 108 valence electrons. The molecule has 5 nitrogen and oxygen atoms in total. The third kappa shape index (κ3) is 4.06. The topological polar surface area (TPSA) is 75.6 Å². The fourth-order valence-electron chi connectivity index (χ4n) is 2.42. The minimum Gasteiger partial charge on any atom is -0.481 e. The molecule has 1 aromatic rings. The van der Waals surface area contributed by atoms with E-state index in [1.165, 1.54) is 0 Å². The molecule has 1 aliphatic rings. The predicted molar refractivity (Wildman–Crippen MR) is 73.0 cm³/mol. The molecule has 0 bridgehead atoms. The van der Waals surface area contributed by atoms with E-state index in [2.05, 4.69) is 5.32 Å². The van der Waals surface area contributed by atoms with Crippen LogP contribution in [0.15, 0.2) is 30.3 Å². The van der Waals surface area contributed by atoms with Crippen LogP contribution in [0, 0.1) is 5.92 Å². The molecule has 0 unspecified atom stereocenters. The largest absolute Gasteiger partial charge is 0.481 e. The van der Waals surface area contributed by atoms with E-state index in [4.69, 9.17) is 9.84 Å². The number of hydrogen-bond acceptors (Lipinski definition) is 3. The van der Waals surface area contributed by atoms with Gasteiger partial charge in [0, 0.05) is 13.2 Å². The van der Waals surface area contributed by atoms with Gasteiger partial charge in [0.1, 0.15) is 0 Å². The average molecular weight is 277 g/mol. The highest BCUT2D eigenvalue weighted by molar-refractivity contribution is 5.83. The van der Waals surface area contributed by atoms with Crippen molar-refractivity contribution in [1.29, 1.82) is 0 Å². The minimum absolute atomic E-state index is 0.189. The van der Waals surface area contributed by atoms with Gasteiger partial charge in [-0.3, -0.25) is 9.59 Å². The second-order valence-electron chi connectivity index (χ2n) is 4.96. The summed E-state index contributed by atoms with van der Waals surface area (Å²) in [7, 11) is 0. The molecule has 2 N–H and O–H groups in total. The highest BCUT2D eigenvalue weighted by Crippen LogP contribution is 2.23. The first-order valence-corrected chi connectivity index (χ1v) is 6.82. The Hall–Kier alpha value is -1.88. The van der Waals surface area contributed by atoms with Crippen molar-refractivity contribution >= 4 is 11.9 Å². The number of nitrogens with one attached hydrogen (secondary N) is 1. The van der Waals surface area contributed by atoms with Crippen LogP contribution < -0.4 is 5.32 Å². The van der Waals surface area contributed by atoms with Crippen LogP contribution in [0.3, 0.4) is 0 Å². The van der Waals surface area contributed by atoms with Crippen molar-refractivity contribution in [3.8, 4) is 0 Å². The van der Waals surface area contributed by atoms with Crippen molar-refractivity contribution in [2.24, 2.45) is 5.92 Å². The number of aliphatic carboxylic acids is 1. The zero-order valence-electron chi connectivity index (χ0n) is 11.2. The Morgan fingerprint density at radius 1 is 1.35 bits per heavy atom. The Kier molecular flexibility index (Phi) is 5.12. The third-order valence-electron chi connectivity index (χ3n) is 3.45. The monoisotopic (exact) mass is 277 g/mol. The van der Waals surface area contributed by atoms with E-state index in [9.17, 15) is 9.59 Å². The first-order valence-electron chi connectivity index (χ1n) is 6.82. The SMILES string of the molecule is O=C(O)C[C@@H](C(=O)NCc1ccccc1)[C@H]1CCCO1. The van der Waals surface area contributed by atoms with Crippen molar-refractivity contribution in [2.75, 3.05) is 6.61 Å². The molecular formula is C15H19NO4. The van der Waals surface area contributed by atoms with Crippen LogP contribution >= 0.6 is 0 Å². The zero-order valence-corrected chi connectivity index (χ0v) is 11.2. The highest BCUT2D eigenvalue weighted by atomic mass is 16.5. The lowest BCUT2D eigenvalue weighted by molar-refractivity contribution is -0.144. The molecular weight excluding hydrogens is 258 g/mol. The highest BCUT2D eigenvalue weighted by Gasteiger charge is 2.33. The molecule has 2 atom stereocenters. The van der Waals surface area contributed by atoms with Gasteiger partial charge in [-0.1, -0.05) is 30.3 Å². The summed E-state index contributed by atoms with van der Waals surface area (Å²) in [6.07, 6.45) is 1.16. The lowest BCUT2D eigenvalue weighted by Crippen LogP contribution is -2.38. The van der Waals surface area contributed by atoms with Gasteiger partial charge in [0.15, 0.2) is 0 Å². The zero-order chi connectivity index (χ0) is 14.4. The molecule has 1 amide bonds. The Morgan fingerprint density at radius 2 is 2.10 bits per heavy atom. The summed E-state index contributed by atoms with van der Waals surface area (Å²) in [5.41, 5.74) is 0.988. The second-order valence-corrected chi connectivity index (χ2v) is 4.96. The van der Waals surface area contributed by atoms with Gasteiger partial charge in [-0.15, -0.1) is 0 Å². The fourth-order valence-corrected chi connectivity index (χ4v) is 2.42. The predicted octanol–water partition coefficient (Wildman–Crippen LogP) is 1.57. The van der Waals surface area contributed by atoms with E-state index in [-0.39, 0.29) is 18.4 Å². The Labute approximate surface area is 117 Å². The fraction of sp³-hybridized carbons (Fsp3) is 0.467. The smallest absolute Gasteiger partial charge is 0.304 e. The minimum atomic E-state index is -0.972. The Morgan fingerprint density at radius 3 is 2.70 bits per heavy atom. The van der Waals surface area contributed by atoms with Crippen LogP contribution in [-0.4, -0.2) is 29.7 Å². The molecule has 1 fully saturated rings. The molecule has 1 saturated heterocycles. The van der Waals surface area contributed by atoms with Crippen LogP contribution in [0.2, 0.25) is 0 Å². The molecule has 0 radical (unpaired) electrons. The van der Waals surface area contributed by atoms with Gasteiger partial charge in [0.2, 0.25) is 5.91 Å². The molecule has 0 aromatic heterocycles. The van der Waals surface area contributed by atoms with Crippen LogP contribution in [0.5, 0.6) is 0 Å². The maximum atomic E-state index is 12.2. The van der Waals surface area contributed by atoms with E-state index >= 15 is 0 Å². The summed E-state index contributed by atoms with van der Waals surface area (Å²) in [5, 5.41) is 11.7. The second kappa shape index (κ2) is 7.05. The van der Waals surface area contributed by atoms with Gasteiger partial charge in [-0.25, -0.2) is 0 Å². The molecule has 1 aliphatic heterocycles. The standard InChI is InChI=1S/C15H19NO4/c17-14(18)9-12(13-7-4-8-20-13)15(19)16-10-11-5-2-1-3-6-11/h1-3,5-6,12-13H,4,7-10H2,(H,16,19)(H,17,18)/t12-,13-/m1/s1. The third-order valence-corrected chi connectivity index (χ3v) is 3.45. The maximum absolute atomic E-state index is 12.2. The van der Waals surface area contributed by atoms with Gasteiger partial charge in [-0.2, -0.15) is 0 Å². The van der Waals surface area contributed by atoms with Crippen molar-refractivity contribution in [1.82, 2.24) is 5.32 Å². The number of carbonyl (C=O) groups excluding carboxylic acids is 1. The quantitative estimate of drug-likeness (QED) is 0.827. The van der Waals surface area contributed by atoms with Gasteiger partial charge in [-0.05, 0) is 18.4 Å². The number of carboxylic acid groups (broad SMARTS) is 1. The summed E-state index contributed by atoms with van der Waals surface area (Å²) < 4.78 is 5.46. The van der Waals surface area contributed by atoms with E-state index in [0.717, 1.165) is 18.4 Å². The van der Waals surface area contributed by atoms with Crippen molar-refractivity contribution in [2.45, 2.75) is 31.9 Å². The normalized spacial score (nSPS) is 19.5. The van der Waals surface area contributed by atoms with Gasteiger partial charge >= 0.3 is 5.97 Å². The maximum Gasteiger partial charge on any atom is 0.304 e. The number of hydrogen-bond donors (Lipinski definition) is 2. The first kappa shape index (κ1) is 14.5. The average Bonchev–Trinajstić information content (AvgIpc) is 2.97. The molecule has 0 saturated carbocycles. The van der Waals surface area contributed by atoms with Crippen molar-refractivity contribution in [3.05, 3.63) is 35.9 Å². The van der Waals surface area contributed by atoms with Crippen molar-refractivity contribution in [3.63, 3.8) is 0 Å². The van der Waals surface area contributed by atoms with Crippen LogP contribution in [-0.2, 0) is 20.9 Å². The number of carbonyl (C=O) groups is 2. The summed E-state index contributed by atoms with van der Waals surface area (Å²) in [6, 6.07) is 9.54. The first-order chi connectivity index (χ1) is 9.66.